The van der Waals surface area contributed by atoms with Gasteiger partial charge in [-0.2, -0.15) is 0 Å². The van der Waals surface area contributed by atoms with Crippen molar-refractivity contribution in [3.05, 3.63) is 54.0 Å². The van der Waals surface area contributed by atoms with Crippen LogP contribution < -0.4 is 10.1 Å². The van der Waals surface area contributed by atoms with Gasteiger partial charge in [-0.1, -0.05) is 0 Å². The van der Waals surface area contributed by atoms with E-state index in [4.69, 9.17) is 9.15 Å². The molecule has 0 aliphatic heterocycles. The first-order valence-corrected chi connectivity index (χ1v) is 5.97. The van der Waals surface area contributed by atoms with Crippen LogP contribution in [0.5, 0.6) is 5.75 Å². The predicted octanol–water partition coefficient (Wildman–Crippen LogP) is 2.81. The molecule has 0 saturated carbocycles. The van der Waals surface area contributed by atoms with Gasteiger partial charge < -0.3 is 14.5 Å². The lowest BCUT2D eigenvalue weighted by molar-refractivity contribution is -0.123. The number of ether oxygens (including phenoxy) is 1. The van der Waals surface area contributed by atoms with E-state index < -0.39 is 17.5 Å². The Morgan fingerprint density at radius 2 is 2.20 bits per heavy atom. The number of hydrogen-bond acceptors (Lipinski definition) is 3. The van der Waals surface area contributed by atoms with Crippen LogP contribution >= 0.6 is 0 Å². The summed E-state index contributed by atoms with van der Waals surface area (Å²) in [4.78, 5) is 11.6. The normalized spacial score (nSPS) is 11.9. The van der Waals surface area contributed by atoms with Gasteiger partial charge >= 0.3 is 0 Å². The van der Waals surface area contributed by atoms with Gasteiger partial charge in [0.15, 0.2) is 18.2 Å². The molecule has 0 bridgehead atoms. The lowest BCUT2D eigenvalue weighted by Gasteiger charge is -2.12. The highest BCUT2D eigenvalue weighted by Gasteiger charge is 2.13. The summed E-state index contributed by atoms with van der Waals surface area (Å²) in [5, 5.41) is 2.63. The number of halogens is 2. The summed E-state index contributed by atoms with van der Waals surface area (Å²) in [5.41, 5.74) is 0. The van der Waals surface area contributed by atoms with Crippen molar-refractivity contribution in [1.82, 2.24) is 5.32 Å². The molecule has 1 atom stereocenters. The topological polar surface area (TPSA) is 51.5 Å². The molecule has 0 fully saturated rings. The van der Waals surface area contributed by atoms with Crippen molar-refractivity contribution < 1.29 is 22.7 Å². The predicted molar refractivity (Wildman–Crippen MR) is 67.1 cm³/mol. The van der Waals surface area contributed by atoms with Gasteiger partial charge in [-0.15, -0.1) is 0 Å². The summed E-state index contributed by atoms with van der Waals surface area (Å²) in [6.07, 6.45) is 1.50. The van der Waals surface area contributed by atoms with Crippen LogP contribution in [0.15, 0.2) is 41.0 Å². The third-order valence-electron chi connectivity index (χ3n) is 2.60. The van der Waals surface area contributed by atoms with Crippen molar-refractivity contribution in [2.75, 3.05) is 6.61 Å². The van der Waals surface area contributed by atoms with Crippen LogP contribution in [-0.2, 0) is 4.79 Å². The van der Waals surface area contributed by atoms with Gasteiger partial charge in [-0.05, 0) is 31.2 Å². The first kappa shape index (κ1) is 14.0. The molecular formula is C14H13F2NO3. The van der Waals surface area contributed by atoms with Crippen LogP contribution in [-0.4, -0.2) is 12.5 Å². The molecule has 0 spiro atoms. The van der Waals surface area contributed by atoms with E-state index in [2.05, 4.69) is 5.32 Å². The zero-order valence-corrected chi connectivity index (χ0v) is 10.7. The average molecular weight is 281 g/mol. The number of benzene rings is 1. The molecular weight excluding hydrogens is 268 g/mol. The van der Waals surface area contributed by atoms with Gasteiger partial charge in [0.05, 0.1) is 12.3 Å². The summed E-state index contributed by atoms with van der Waals surface area (Å²) in [5.74, 6) is -1.56. The quantitative estimate of drug-likeness (QED) is 0.916. The Morgan fingerprint density at radius 1 is 1.40 bits per heavy atom. The van der Waals surface area contributed by atoms with Crippen molar-refractivity contribution in [1.29, 1.82) is 0 Å². The summed E-state index contributed by atoms with van der Waals surface area (Å²) < 4.78 is 36.1. The van der Waals surface area contributed by atoms with Crippen molar-refractivity contribution in [2.24, 2.45) is 0 Å². The van der Waals surface area contributed by atoms with Gasteiger partial charge in [-0.3, -0.25) is 4.79 Å². The van der Waals surface area contributed by atoms with E-state index in [0.717, 1.165) is 12.1 Å². The van der Waals surface area contributed by atoms with Gasteiger partial charge in [-0.25, -0.2) is 8.78 Å². The second-order valence-corrected chi connectivity index (χ2v) is 4.17. The first-order valence-electron chi connectivity index (χ1n) is 5.97. The van der Waals surface area contributed by atoms with E-state index in [-0.39, 0.29) is 18.4 Å². The van der Waals surface area contributed by atoms with Crippen LogP contribution in [0.25, 0.3) is 0 Å². The van der Waals surface area contributed by atoms with Gasteiger partial charge in [0, 0.05) is 6.07 Å². The van der Waals surface area contributed by atoms with E-state index in [1.54, 1.807) is 19.1 Å². The number of nitrogens with one attached hydrogen (secondary N) is 1. The van der Waals surface area contributed by atoms with E-state index >= 15 is 0 Å². The first-order chi connectivity index (χ1) is 9.56. The smallest absolute Gasteiger partial charge is 0.258 e. The fraction of sp³-hybridized carbons (Fsp3) is 0.214. The molecule has 20 heavy (non-hydrogen) atoms. The molecule has 0 aliphatic rings. The lowest BCUT2D eigenvalue weighted by Crippen LogP contribution is -2.31. The van der Waals surface area contributed by atoms with Crippen molar-refractivity contribution >= 4 is 5.91 Å². The Labute approximate surface area is 114 Å². The molecule has 1 aromatic heterocycles. The van der Waals surface area contributed by atoms with Gasteiger partial charge in [0.1, 0.15) is 11.6 Å². The second-order valence-electron chi connectivity index (χ2n) is 4.17. The van der Waals surface area contributed by atoms with E-state index in [0.29, 0.717) is 11.8 Å². The number of carbonyl (C=O) groups is 1. The maximum atomic E-state index is 13.3. The summed E-state index contributed by atoms with van der Waals surface area (Å²) in [6.45, 7) is 1.38. The minimum absolute atomic E-state index is 0.174. The fourth-order valence-corrected chi connectivity index (χ4v) is 1.63. The Balaban J connectivity index is 1.86. The van der Waals surface area contributed by atoms with E-state index in [9.17, 15) is 13.6 Å². The van der Waals surface area contributed by atoms with Crippen molar-refractivity contribution in [3.8, 4) is 5.75 Å². The van der Waals surface area contributed by atoms with Crippen LogP contribution in [0.2, 0.25) is 0 Å². The molecule has 2 rings (SSSR count). The molecule has 0 saturated heterocycles. The second kappa shape index (κ2) is 6.18. The molecule has 0 radical (unpaired) electrons. The van der Waals surface area contributed by atoms with Crippen LogP contribution in [0.3, 0.4) is 0 Å². The Kier molecular flexibility index (Phi) is 4.34. The maximum Gasteiger partial charge on any atom is 0.258 e. The highest BCUT2D eigenvalue weighted by Crippen LogP contribution is 2.17. The third-order valence-corrected chi connectivity index (χ3v) is 2.60. The molecule has 1 amide bonds. The fourth-order valence-electron chi connectivity index (χ4n) is 1.63. The lowest BCUT2D eigenvalue weighted by atomic mass is 10.2. The molecule has 0 aliphatic carbocycles. The third kappa shape index (κ3) is 3.57. The number of carbonyl (C=O) groups excluding carboxylic acids is 1. The molecule has 106 valence electrons. The monoisotopic (exact) mass is 281 g/mol. The largest absolute Gasteiger partial charge is 0.481 e. The summed E-state index contributed by atoms with van der Waals surface area (Å²) in [6, 6.07) is 6.00. The zero-order valence-electron chi connectivity index (χ0n) is 10.7. The minimum atomic E-state index is -0.850. The highest BCUT2D eigenvalue weighted by atomic mass is 19.1. The number of rotatable bonds is 5. The Bertz CT molecular complexity index is 584. The zero-order chi connectivity index (χ0) is 14.5. The Morgan fingerprint density at radius 3 is 2.85 bits per heavy atom. The molecule has 1 unspecified atom stereocenters. The molecule has 4 nitrogen and oxygen atoms in total. The summed E-state index contributed by atoms with van der Waals surface area (Å²) >= 11 is 0. The van der Waals surface area contributed by atoms with Crippen molar-refractivity contribution in [3.63, 3.8) is 0 Å². The van der Waals surface area contributed by atoms with Crippen LogP contribution in [0.4, 0.5) is 8.78 Å². The van der Waals surface area contributed by atoms with E-state index in [1.165, 1.54) is 6.26 Å². The van der Waals surface area contributed by atoms with E-state index in [1.807, 2.05) is 0 Å². The number of hydrogen-bond donors (Lipinski definition) is 1. The minimum Gasteiger partial charge on any atom is -0.481 e. The van der Waals surface area contributed by atoms with Crippen LogP contribution in [0, 0.1) is 11.6 Å². The molecule has 1 aromatic carbocycles. The standard InChI is InChI=1S/C14H13F2NO3/c1-9(12-3-2-6-19-12)17-14(18)8-20-13-5-4-10(15)7-11(13)16/h2-7,9H,8H2,1H3,(H,17,18). The van der Waals surface area contributed by atoms with Crippen LogP contribution in [0.1, 0.15) is 18.7 Å². The van der Waals surface area contributed by atoms with Crippen molar-refractivity contribution in [2.45, 2.75) is 13.0 Å². The molecule has 1 N–H and O–H groups in total. The number of furan rings is 1. The summed E-state index contributed by atoms with van der Waals surface area (Å²) in [7, 11) is 0. The Hall–Kier alpha value is -2.37. The SMILES string of the molecule is CC(NC(=O)COc1ccc(F)cc1F)c1ccco1. The molecule has 6 heteroatoms. The number of amides is 1. The van der Waals surface area contributed by atoms with Gasteiger partial charge in [0.25, 0.3) is 5.91 Å². The molecule has 2 aromatic rings. The highest BCUT2D eigenvalue weighted by molar-refractivity contribution is 5.77. The average Bonchev–Trinajstić information content (AvgIpc) is 2.91. The van der Waals surface area contributed by atoms with Gasteiger partial charge in [0.2, 0.25) is 0 Å². The molecule has 1 heterocycles. The maximum absolute atomic E-state index is 13.3.